The Labute approximate surface area is 129 Å². The van der Waals surface area contributed by atoms with E-state index in [1.807, 2.05) is 14.0 Å². The lowest BCUT2D eigenvalue weighted by Crippen LogP contribution is -2.15. The summed E-state index contributed by atoms with van der Waals surface area (Å²) in [6, 6.07) is 8.30. The normalized spacial score (nSPS) is 11.4. The molecule has 1 aromatic carbocycles. The van der Waals surface area contributed by atoms with E-state index in [0.717, 1.165) is 11.1 Å². The second-order valence-corrected chi connectivity index (χ2v) is 6.66. The molecule has 0 spiro atoms. The highest BCUT2D eigenvalue weighted by Crippen LogP contribution is 2.25. The minimum Gasteiger partial charge on any atom is -0.316 e. The SMILES string of the molecule is CNCc1ccc(S(=O)(=O)Nc2ccc(C)cc2Cl)nc1. The smallest absolute Gasteiger partial charge is 0.279 e. The molecule has 0 radical (unpaired) electrons. The molecule has 0 bridgehead atoms. The average molecular weight is 326 g/mol. The number of aromatic nitrogens is 1. The van der Waals surface area contributed by atoms with E-state index in [0.29, 0.717) is 17.3 Å². The lowest BCUT2D eigenvalue weighted by molar-refractivity contribution is 0.597. The Morgan fingerprint density at radius 3 is 2.57 bits per heavy atom. The van der Waals surface area contributed by atoms with Gasteiger partial charge in [-0.25, -0.2) is 4.98 Å². The van der Waals surface area contributed by atoms with Crippen molar-refractivity contribution in [1.29, 1.82) is 0 Å². The van der Waals surface area contributed by atoms with Gasteiger partial charge in [-0.3, -0.25) is 4.72 Å². The Balaban J connectivity index is 2.25. The van der Waals surface area contributed by atoms with E-state index in [4.69, 9.17) is 11.6 Å². The van der Waals surface area contributed by atoms with Crippen LogP contribution in [0.2, 0.25) is 5.02 Å². The van der Waals surface area contributed by atoms with Crippen LogP contribution >= 0.6 is 11.6 Å². The Kier molecular flexibility index (Phi) is 4.82. The summed E-state index contributed by atoms with van der Waals surface area (Å²) >= 11 is 6.03. The molecule has 5 nitrogen and oxygen atoms in total. The third-order valence-corrected chi connectivity index (χ3v) is 4.42. The molecule has 0 fully saturated rings. The maximum atomic E-state index is 12.3. The summed E-state index contributed by atoms with van der Waals surface area (Å²) in [7, 11) is -1.94. The molecule has 0 aliphatic carbocycles. The first-order chi connectivity index (χ1) is 9.92. The van der Waals surface area contributed by atoms with Crippen LogP contribution in [0.1, 0.15) is 11.1 Å². The molecule has 2 rings (SSSR count). The van der Waals surface area contributed by atoms with Crippen molar-refractivity contribution in [2.45, 2.75) is 18.5 Å². The first-order valence-corrected chi connectivity index (χ1v) is 8.17. The van der Waals surface area contributed by atoms with E-state index in [1.54, 1.807) is 24.3 Å². The van der Waals surface area contributed by atoms with Gasteiger partial charge < -0.3 is 5.32 Å². The van der Waals surface area contributed by atoms with Crippen LogP contribution in [0, 0.1) is 6.92 Å². The van der Waals surface area contributed by atoms with Gasteiger partial charge in [0.15, 0.2) is 5.03 Å². The van der Waals surface area contributed by atoms with Crippen molar-refractivity contribution < 1.29 is 8.42 Å². The fourth-order valence-corrected chi connectivity index (χ4v) is 3.13. The van der Waals surface area contributed by atoms with Gasteiger partial charge in [0.1, 0.15) is 0 Å². The van der Waals surface area contributed by atoms with Crippen LogP contribution < -0.4 is 10.0 Å². The Bertz CT molecular complexity index is 730. The van der Waals surface area contributed by atoms with Gasteiger partial charge in [-0.05, 0) is 43.3 Å². The maximum absolute atomic E-state index is 12.3. The lowest BCUT2D eigenvalue weighted by Gasteiger charge is -2.10. The summed E-state index contributed by atoms with van der Waals surface area (Å²) in [6.45, 7) is 2.51. The molecule has 0 amide bonds. The zero-order valence-corrected chi connectivity index (χ0v) is 13.3. The monoisotopic (exact) mass is 325 g/mol. The molecule has 1 heterocycles. The highest BCUT2D eigenvalue weighted by Gasteiger charge is 2.17. The quantitative estimate of drug-likeness (QED) is 0.886. The number of aryl methyl sites for hydroxylation is 1. The van der Waals surface area contributed by atoms with Crippen LogP contribution in [-0.4, -0.2) is 20.4 Å². The van der Waals surface area contributed by atoms with Crippen LogP contribution in [0.3, 0.4) is 0 Å². The minimum atomic E-state index is -3.75. The largest absolute Gasteiger partial charge is 0.316 e. The number of nitrogens with one attached hydrogen (secondary N) is 2. The van der Waals surface area contributed by atoms with Gasteiger partial charge in [-0.15, -0.1) is 0 Å². The molecule has 2 aromatic rings. The van der Waals surface area contributed by atoms with Gasteiger partial charge in [0.2, 0.25) is 0 Å². The first kappa shape index (κ1) is 15.8. The number of pyridine rings is 1. The number of sulfonamides is 1. The molecule has 0 unspecified atom stereocenters. The molecule has 0 atom stereocenters. The van der Waals surface area contributed by atoms with Gasteiger partial charge in [0.05, 0.1) is 10.7 Å². The van der Waals surface area contributed by atoms with Crippen LogP contribution in [0.25, 0.3) is 0 Å². The molecule has 21 heavy (non-hydrogen) atoms. The van der Waals surface area contributed by atoms with Gasteiger partial charge in [0, 0.05) is 12.7 Å². The zero-order valence-electron chi connectivity index (χ0n) is 11.7. The third kappa shape index (κ3) is 3.93. The molecule has 0 aliphatic heterocycles. The van der Waals surface area contributed by atoms with Crippen molar-refractivity contribution in [3.05, 3.63) is 52.7 Å². The average Bonchev–Trinajstić information content (AvgIpc) is 2.43. The van der Waals surface area contributed by atoms with E-state index in [2.05, 4.69) is 15.0 Å². The van der Waals surface area contributed by atoms with Crippen molar-refractivity contribution >= 4 is 27.3 Å². The molecular formula is C14H16ClN3O2S. The molecule has 0 saturated heterocycles. The number of rotatable bonds is 5. The predicted molar refractivity (Wildman–Crippen MR) is 84.0 cm³/mol. The number of benzene rings is 1. The Morgan fingerprint density at radius 2 is 2.00 bits per heavy atom. The first-order valence-electron chi connectivity index (χ1n) is 6.31. The fraction of sp³-hybridized carbons (Fsp3) is 0.214. The summed E-state index contributed by atoms with van der Waals surface area (Å²) in [5, 5.41) is 3.28. The molecule has 1 aromatic heterocycles. The van der Waals surface area contributed by atoms with E-state index in [1.165, 1.54) is 12.3 Å². The fourth-order valence-electron chi connectivity index (χ4n) is 1.78. The number of anilines is 1. The summed E-state index contributed by atoms with van der Waals surface area (Å²) in [4.78, 5) is 3.98. The summed E-state index contributed by atoms with van der Waals surface area (Å²) in [5.74, 6) is 0. The van der Waals surface area contributed by atoms with Gasteiger partial charge >= 0.3 is 0 Å². The van der Waals surface area contributed by atoms with Gasteiger partial charge in [-0.1, -0.05) is 23.7 Å². The zero-order chi connectivity index (χ0) is 15.5. The highest BCUT2D eigenvalue weighted by molar-refractivity contribution is 7.92. The Hall–Kier alpha value is -1.63. The van der Waals surface area contributed by atoms with Crippen molar-refractivity contribution in [2.75, 3.05) is 11.8 Å². The van der Waals surface area contributed by atoms with Crippen LogP contribution in [0.4, 0.5) is 5.69 Å². The molecule has 0 aliphatic rings. The van der Waals surface area contributed by atoms with Gasteiger partial charge in [0.25, 0.3) is 10.0 Å². The van der Waals surface area contributed by atoms with Crippen molar-refractivity contribution in [3.63, 3.8) is 0 Å². The van der Waals surface area contributed by atoms with Crippen LogP contribution in [0.15, 0.2) is 41.6 Å². The topological polar surface area (TPSA) is 71.1 Å². The minimum absolute atomic E-state index is 0.0426. The molecule has 0 saturated carbocycles. The highest BCUT2D eigenvalue weighted by atomic mass is 35.5. The summed E-state index contributed by atoms with van der Waals surface area (Å²) in [6.07, 6.45) is 1.53. The van der Waals surface area contributed by atoms with E-state index in [-0.39, 0.29) is 5.03 Å². The van der Waals surface area contributed by atoms with Crippen molar-refractivity contribution in [1.82, 2.24) is 10.3 Å². The van der Waals surface area contributed by atoms with E-state index < -0.39 is 10.0 Å². The number of halogens is 1. The van der Waals surface area contributed by atoms with Crippen LogP contribution in [-0.2, 0) is 16.6 Å². The number of nitrogens with zero attached hydrogens (tertiary/aromatic N) is 1. The second-order valence-electron chi connectivity index (χ2n) is 4.62. The second kappa shape index (κ2) is 6.43. The predicted octanol–water partition coefficient (Wildman–Crippen LogP) is 2.56. The standard InChI is InChI=1S/C14H16ClN3O2S/c1-10-3-5-13(12(15)7-10)18-21(19,20)14-6-4-11(8-16-2)9-17-14/h3-7,9,16,18H,8H2,1-2H3. The summed E-state index contributed by atoms with van der Waals surface area (Å²) < 4.78 is 27.0. The number of hydrogen-bond acceptors (Lipinski definition) is 4. The molecule has 7 heteroatoms. The summed E-state index contributed by atoms with van der Waals surface area (Å²) in [5.41, 5.74) is 2.20. The molecule has 112 valence electrons. The number of hydrogen-bond donors (Lipinski definition) is 2. The van der Waals surface area contributed by atoms with Gasteiger partial charge in [-0.2, -0.15) is 8.42 Å². The molecular weight excluding hydrogens is 310 g/mol. The Morgan fingerprint density at radius 1 is 1.24 bits per heavy atom. The van der Waals surface area contributed by atoms with Crippen molar-refractivity contribution in [3.8, 4) is 0 Å². The maximum Gasteiger partial charge on any atom is 0.279 e. The van der Waals surface area contributed by atoms with Crippen molar-refractivity contribution in [2.24, 2.45) is 0 Å². The van der Waals surface area contributed by atoms with Crippen LogP contribution in [0.5, 0.6) is 0 Å². The molecule has 2 N–H and O–H groups in total. The van der Waals surface area contributed by atoms with E-state index in [9.17, 15) is 8.42 Å². The third-order valence-electron chi connectivity index (χ3n) is 2.82. The van der Waals surface area contributed by atoms with E-state index >= 15 is 0 Å². The lowest BCUT2D eigenvalue weighted by atomic mass is 10.2.